The average molecular weight is 174 g/mol. The summed E-state index contributed by atoms with van der Waals surface area (Å²) in [5.41, 5.74) is 0.172. The maximum absolute atomic E-state index is 10.9. The molecule has 0 saturated carbocycles. The third-order valence-corrected chi connectivity index (χ3v) is 1.35. The standard InChI is InChI=1S/C9H18O3/c1-5-11-12-8(10)6-7-9(2,3)4/h5-7H2,1-4H3. The Bertz CT molecular complexity index is 135. The second-order valence-corrected chi connectivity index (χ2v) is 3.92. The smallest absolute Gasteiger partial charge is 0.298 e. The van der Waals surface area contributed by atoms with Gasteiger partial charge in [-0.15, -0.1) is 0 Å². The Labute approximate surface area is 74.0 Å². The van der Waals surface area contributed by atoms with Crippen molar-refractivity contribution in [3.8, 4) is 0 Å². The molecular weight excluding hydrogens is 156 g/mol. The molecule has 0 fully saturated rings. The minimum Gasteiger partial charge on any atom is -0.298 e. The fraction of sp³-hybridized carbons (Fsp3) is 0.889. The molecular formula is C9H18O3. The number of hydrogen-bond acceptors (Lipinski definition) is 3. The topological polar surface area (TPSA) is 35.5 Å². The van der Waals surface area contributed by atoms with E-state index >= 15 is 0 Å². The highest BCUT2D eigenvalue weighted by molar-refractivity contribution is 5.68. The van der Waals surface area contributed by atoms with Crippen molar-refractivity contribution in [3.63, 3.8) is 0 Å². The van der Waals surface area contributed by atoms with Crippen LogP contribution in [0.4, 0.5) is 0 Å². The van der Waals surface area contributed by atoms with Crippen molar-refractivity contribution in [2.75, 3.05) is 6.61 Å². The lowest BCUT2D eigenvalue weighted by molar-refractivity contribution is -0.269. The van der Waals surface area contributed by atoms with E-state index in [1.807, 2.05) is 0 Å². The highest BCUT2D eigenvalue weighted by atomic mass is 17.2. The van der Waals surface area contributed by atoms with E-state index in [2.05, 4.69) is 30.5 Å². The van der Waals surface area contributed by atoms with E-state index in [4.69, 9.17) is 0 Å². The van der Waals surface area contributed by atoms with Crippen LogP contribution < -0.4 is 0 Å². The van der Waals surface area contributed by atoms with E-state index < -0.39 is 0 Å². The molecule has 0 spiro atoms. The first-order valence-corrected chi connectivity index (χ1v) is 4.28. The molecule has 3 nitrogen and oxygen atoms in total. The lowest BCUT2D eigenvalue weighted by Crippen LogP contribution is -2.11. The van der Waals surface area contributed by atoms with Crippen LogP contribution in [0, 0.1) is 5.41 Å². The van der Waals surface area contributed by atoms with Gasteiger partial charge >= 0.3 is 5.97 Å². The van der Waals surface area contributed by atoms with Crippen molar-refractivity contribution in [1.82, 2.24) is 0 Å². The molecule has 0 amide bonds. The van der Waals surface area contributed by atoms with Crippen LogP contribution in [0.3, 0.4) is 0 Å². The zero-order valence-corrected chi connectivity index (χ0v) is 8.35. The predicted molar refractivity (Wildman–Crippen MR) is 46.4 cm³/mol. The molecule has 0 atom stereocenters. The summed E-state index contributed by atoms with van der Waals surface area (Å²) in [5.74, 6) is -0.285. The summed E-state index contributed by atoms with van der Waals surface area (Å²) in [5, 5.41) is 0. The van der Waals surface area contributed by atoms with Crippen LogP contribution in [0.5, 0.6) is 0 Å². The predicted octanol–water partition coefficient (Wildman–Crippen LogP) is 2.31. The Morgan fingerprint density at radius 2 is 1.92 bits per heavy atom. The highest BCUT2D eigenvalue weighted by Crippen LogP contribution is 2.20. The van der Waals surface area contributed by atoms with Crippen LogP contribution in [0.25, 0.3) is 0 Å². The number of hydrogen-bond donors (Lipinski definition) is 0. The fourth-order valence-electron chi connectivity index (χ4n) is 0.643. The number of carbonyl (C=O) groups is 1. The molecule has 0 aliphatic carbocycles. The largest absolute Gasteiger partial charge is 0.342 e. The van der Waals surface area contributed by atoms with Crippen molar-refractivity contribution >= 4 is 5.97 Å². The van der Waals surface area contributed by atoms with Crippen LogP contribution in [0.2, 0.25) is 0 Å². The van der Waals surface area contributed by atoms with Gasteiger partial charge in [0.05, 0.1) is 6.61 Å². The molecule has 0 unspecified atom stereocenters. The van der Waals surface area contributed by atoms with Crippen LogP contribution in [-0.2, 0) is 14.6 Å². The van der Waals surface area contributed by atoms with E-state index in [9.17, 15) is 4.79 Å². The fourth-order valence-corrected chi connectivity index (χ4v) is 0.643. The minimum absolute atomic E-state index is 0.172. The third kappa shape index (κ3) is 7.54. The summed E-state index contributed by atoms with van der Waals surface area (Å²) in [6.07, 6.45) is 1.24. The van der Waals surface area contributed by atoms with Gasteiger partial charge in [-0.2, -0.15) is 4.89 Å². The summed E-state index contributed by atoms with van der Waals surface area (Å²) >= 11 is 0. The van der Waals surface area contributed by atoms with Gasteiger partial charge in [-0.25, -0.2) is 4.79 Å². The van der Waals surface area contributed by atoms with Gasteiger partial charge in [-0.1, -0.05) is 20.8 Å². The van der Waals surface area contributed by atoms with Crippen LogP contribution in [0.1, 0.15) is 40.5 Å². The molecule has 0 aromatic rings. The lowest BCUT2D eigenvalue weighted by Gasteiger charge is -2.16. The zero-order valence-electron chi connectivity index (χ0n) is 8.35. The van der Waals surface area contributed by atoms with E-state index in [0.717, 1.165) is 6.42 Å². The molecule has 3 heteroatoms. The van der Waals surface area contributed by atoms with Crippen LogP contribution in [-0.4, -0.2) is 12.6 Å². The zero-order chi connectivity index (χ0) is 9.61. The SMILES string of the molecule is CCOOC(=O)CCC(C)(C)C. The van der Waals surface area contributed by atoms with Crippen molar-refractivity contribution in [3.05, 3.63) is 0 Å². The van der Waals surface area contributed by atoms with Gasteiger partial charge < -0.3 is 0 Å². The molecule has 0 saturated heterocycles. The molecule has 12 heavy (non-hydrogen) atoms. The Kier molecular flexibility index (Phi) is 4.90. The lowest BCUT2D eigenvalue weighted by atomic mass is 9.91. The monoisotopic (exact) mass is 174 g/mol. The van der Waals surface area contributed by atoms with Crippen molar-refractivity contribution < 1.29 is 14.6 Å². The summed E-state index contributed by atoms with van der Waals surface area (Å²) in [6, 6.07) is 0. The van der Waals surface area contributed by atoms with Gasteiger partial charge in [0.15, 0.2) is 0 Å². The first kappa shape index (κ1) is 11.4. The quantitative estimate of drug-likeness (QED) is 0.484. The molecule has 0 aromatic heterocycles. The van der Waals surface area contributed by atoms with E-state index in [1.165, 1.54) is 0 Å². The second-order valence-electron chi connectivity index (χ2n) is 3.92. The van der Waals surface area contributed by atoms with Crippen molar-refractivity contribution in [2.45, 2.75) is 40.5 Å². The molecule has 0 radical (unpaired) electrons. The molecule has 0 aromatic carbocycles. The molecule has 0 N–H and O–H groups in total. The molecule has 0 aliphatic heterocycles. The molecule has 0 rings (SSSR count). The maximum Gasteiger partial charge on any atom is 0.342 e. The summed E-state index contributed by atoms with van der Waals surface area (Å²) in [7, 11) is 0. The van der Waals surface area contributed by atoms with Gasteiger partial charge in [0.1, 0.15) is 0 Å². The van der Waals surface area contributed by atoms with E-state index in [1.54, 1.807) is 6.92 Å². The third-order valence-electron chi connectivity index (χ3n) is 1.35. The molecule has 0 heterocycles. The van der Waals surface area contributed by atoms with Crippen molar-refractivity contribution in [2.24, 2.45) is 5.41 Å². The van der Waals surface area contributed by atoms with E-state index in [0.29, 0.717) is 13.0 Å². The Hall–Kier alpha value is -0.570. The summed E-state index contributed by atoms with van der Waals surface area (Å²) < 4.78 is 0. The van der Waals surface area contributed by atoms with Crippen LogP contribution >= 0.6 is 0 Å². The molecule has 0 aliphatic rings. The Morgan fingerprint density at radius 3 is 2.33 bits per heavy atom. The van der Waals surface area contributed by atoms with Gasteiger partial charge in [0.25, 0.3) is 0 Å². The van der Waals surface area contributed by atoms with Crippen molar-refractivity contribution in [1.29, 1.82) is 0 Å². The maximum atomic E-state index is 10.9. The van der Waals surface area contributed by atoms with Crippen LogP contribution in [0.15, 0.2) is 0 Å². The number of rotatable bonds is 4. The minimum atomic E-state index is -0.285. The highest BCUT2D eigenvalue weighted by Gasteiger charge is 2.13. The van der Waals surface area contributed by atoms with Gasteiger partial charge in [-0.3, -0.25) is 4.89 Å². The first-order valence-electron chi connectivity index (χ1n) is 4.28. The normalized spacial score (nSPS) is 11.3. The van der Waals surface area contributed by atoms with Gasteiger partial charge in [0, 0.05) is 6.42 Å². The second kappa shape index (κ2) is 5.14. The van der Waals surface area contributed by atoms with E-state index in [-0.39, 0.29) is 11.4 Å². The Balaban J connectivity index is 3.44. The summed E-state index contributed by atoms with van der Waals surface area (Å²) in [4.78, 5) is 19.9. The Morgan fingerprint density at radius 1 is 1.33 bits per heavy atom. The molecule has 72 valence electrons. The summed E-state index contributed by atoms with van der Waals surface area (Å²) in [6.45, 7) is 8.43. The van der Waals surface area contributed by atoms with Gasteiger partial charge in [0.2, 0.25) is 0 Å². The number of carbonyl (C=O) groups excluding carboxylic acids is 1. The first-order chi connectivity index (χ1) is 5.45. The van der Waals surface area contributed by atoms with Gasteiger partial charge in [-0.05, 0) is 18.8 Å². The molecule has 0 bridgehead atoms. The average Bonchev–Trinajstić information content (AvgIpc) is 1.95.